The molecule has 0 amide bonds. The summed E-state index contributed by atoms with van der Waals surface area (Å²) in [5.41, 5.74) is -1.55. The van der Waals surface area contributed by atoms with Gasteiger partial charge in [-0.3, -0.25) is 4.79 Å². The Kier molecular flexibility index (Phi) is 6.56. The van der Waals surface area contributed by atoms with Crippen LogP contribution in [0.5, 0.6) is 0 Å². The summed E-state index contributed by atoms with van der Waals surface area (Å²) in [5.74, 6) is 0.0356. The molecule has 0 aliphatic heterocycles. The van der Waals surface area contributed by atoms with Crippen LogP contribution in [0.4, 0.5) is 4.39 Å². The van der Waals surface area contributed by atoms with E-state index in [9.17, 15) is 14.3 Å². The van der Waals surface area contributed by atoms with E-state index in [0.717, 1.165) is 12.8 Å². The average Bonchev–Trinajstić information content (AvgIpc) is 2.11. The summed E-state index contributed by atoms with van der Waals surface area (Å²) < 4.78 is 18.1. The van der Waals surface area contributed by atoms with Crippen molar-refractivity contribution in [1.82, 2.24) is 0 Å². The standard InChI is InChI=1S/C12H23FO3/c1-9(7-8-16-10(2)14)5-6-11(15)12(3,4)13/h9,11,15H,5-8H2,1-4H3/t9-,11-/m0/s1. The summed E-state index contributed by atoms with van der Waals surface area (Å²) in [5, 5.41) is 9.49. The molecule has 0 spiro atoms. The summed E-state index contributed by atoms with van der Waals surface area (Å²) in [6.07, 6.45) is 0.989. The van der Waals surface area contributed by atoms with Crippen molar-refractivity contribution < 1.29 is 19.0 Å². The Morgan fingerprint density at radius 2 is 1.94 bits per heavy atom. The molecule has 0 aromatic heterocycles. The SMILES string of the molecule is CC(=O)OCC[C@@H](C)CC[C@H](O)C(C)(C)F. The number of alkyl halides is 1. The highest BCUT2D eigenvalue weighted by Crippen LogP contribution is 2.21. The van der Waals surface area contributed by atoms with E-state index >= 15 is 0 Å². The maximum atomic E-state index is 13.3. The van der Waals surface area contributed by atoms with Gasteiger partial charge in [0.2, 0.25) is 0 Å². The number of rotatable bonds is 7. The van der Waals surface area contributed by atoms with Crippen molar-refractivity contribution in [1.29, 1.82) is 0 Å². The molecule has 3 nitrogen and oxygen atoms in total. The van der Waals surface area contributed by atoms with Crippen LogP contribution in [0.1, 0.15) is 47.0 Å². The zero-order valence-corrected chi connectivity index (χ0v) is 10.6. The molecule has 0 aliphatic carbocycles. The van der Waals surface area contributed by atoms with Gasteiger partial charge in [0.25, 0.3) is 0 Å². The van der Waals surface area contributed by atoms with Crippen molar-refractivity contribution in [3.63, 3.8) is 0 Å². The number of aliphatic hydroxyl groups excluding tert-OH is 1. The molecule has 0 aromatic carbocycles. The molecule has 16 heavy (non-hydrogen) atoms. The fourth-order valence-corrected chi connectivity index (χ4v) is 1.33. The second-order valence-electron chi connectivity index (χ2n) is 4.89. The normalized spacial score (nSPS) is 15.6. The number of halogens is 1. The largest absolute Gasteiger partial charge is 0.466 e. The van der Waals surface area contributed by atoms with E-state index in [-0.39, 0.29) is 5.97 Å². The quantitative estimate of drug-likeness (QED) is 0.688. The van der Waals surface area contributed by atoms with E-state index in [0.29, 0.717) is 18.9 Å². The van der Waals surface area contributed by atoms with Gasteiger partial charge in [-0.2, -0.15) is 0 Å². The Balaban J connectivity index is 3.65. The van der Waals surface area contributed by atoms with Crippen molar-refractivity contribution in [3.8, 4) is 0 Å². The van der Waals surface area contributed by atoms with Gasteiger partial charge >= 0.3 is 5.97 Å². The Morgan fingerprint density at radius 3 is 2.38 bits per heavy atom. The highest BCUT2D eigenvalue weighted by atomic mass is 19.1. The van der Waals surface area contributed by atoms with E-state index in [1.165, 1.54) is 20.8 Å². The number of hydrogen-bond donors (Lipinski definition) is 1. The lowest BCUT2D eigenvalue weighted by Gasteiger charge is -2.23. The van der Waals surface area contributed by atoms with Crippen LogP contribution in [-0.2, 0) is 9.53 Å². The highest BCUT2D eigenvalue weighted by molar-refractivity contribution is 5.65. The maximum absolute atomic E-state index is 13.3. The molecular formula is C12H23FO3. The molecule has 0 aliphatic rings. The zero-order valence-electron chi connectivity index (χ0n) is 10.6. The molecule has 0 saturated heterocycles. The molecule has 96 valence electrons. The van der Waals surface area contributed by atoms with Crippen LogP contribution in [0.15, 0.2) is 0 Å². The summed E-state index contributed by atoms with van der Waals surface area (Å²) in [6.45, 7) is 6.52. The Bertz CT molecular complexity index is 211. The molecular weight excluding hydrogens is 211 g/mol. The Morgan fingerprint density at radius 1 is 1.38 bits per heavy atom. The Labute approximate surface area is 97.0 Å². The van der Waals surface area contributed by atoms with Crippen LogP contribution in [0.25, 0.3) is 0 Å². The highest BCUT2D eigenvalue weighted by Gasteiger charge is 2.26. The third-order valence-electron chi connectivity index (χ3n) is 2.64. The predicted octanol–water partition coefficient (Wildman–Crippen LogP) is 2.46. The lowest BCUT2D eigenvalue weighted by molar-refractivity contribution is -0.141. The lowest BCUT2D eigenvalue weighted by Crippen LogP contribution is -2.31. The van der Waals surface area contributed by atoms with Crippen molar-refractivity contribution in [2.75, 3.05) is 6.61 Å². The van der Waals surface area contributed by atoms with Gasteiger partial charge in [-0.05, 0) is 39.0 Å². The lowest BCUT2D eigenvalue weighted by atomic mass is 9.94. The summed E-state index contributed by atoms with van der Waals surface area (Å²) in [6, 6.07) is 0. The second kappa shape index (κ2) is 6.84. The molecule has 0 bridgehead atoms. The molecule has 0 aromatic rings. The minimum atomic E-state index is -1.55. The van der Waals surface area contributed by atoms with Gasteiger partial charge in [0.05, 0.1) is 12.7 Å². The summed E-state index contributed by atoms with van der Waals surface area (Å²) in [4.78, 5) is 10.5. The first kappa shape index (κ1) is 15.4. The van der Waals surface area contributed by atoms with Crippen molar-refractivity contribution in [3.05, 3.63) is 0 Å². The van der Waals surface area contributed by atoms with E-state index in [4.69, 9.17) is 4.74 Å². The minimum Gasteiger partial charge on any atom is -0.466 e. The van der Waals surface area contributed by atoms with Gasteiger partial charge in [0, 0.05) is 6.92 Å². The summed E-state index contributed by atoms with van der Waals surface area (Å²) >= 11 is 0. The van der Waals surface area contributed by atoms with Gasteiger partial charge in [0.1, 0.15) is 5.67 Å². The number of carbonyl (C=O) groups excluding carboxylic acids is 1. The molecule has 0 saturated carbocycles. The molecule has 0 fully saturated rings. The first-order valence-electron chi connectivity index (χ1n) is 5.73. The Hall–Kier alpha value is -0.640. The van der Waals surface area contributed by atoms with E-state index in [1.54, 1.807) is 0 Å². The molecule has 1 N–H and O–H groups in total. The monoisotopic (exact) mass is 234 g/mol. The van der Waals surface area contributed by atoms with E-state index < -0.39 is 11.8 Å². The van der Waals surface area contributed by atoms with Crippen LogP contribution < -0.4 is 0 Å². The number of esters is 1. The fourth-order valence-electron chi connectivity index (χ4n) is 1.33. The van der Waals surface area contributed by atoms with Crippen LogP contribution in [0.2, 0.25) is 0 Å². The summed E-state index contributed by atoms with van der Waals surface area (Å²) in [7, 11) is 0. The van der Waals surface area contributed by atoms with Gasteiger partial charge in [0.15, 0.2) is 0 Å². The van der Waals surface area contributed by atoms with Gasteiger partial charge in [-0.15, -0.1) is 0 Å². The fraction of sp³-hybridized carbons (Fsp3) is 0.917. The molecule has 0 heterocycles. The van der Waals surface area contributed by atoms with Gasteiger partial charge < -0.3 is 9.84 Å². The molecule has 2 atom stereocenters. The van der Waals surface area contributed by atoms with Crippen molar-refractivity contribution in [2.24, 2.45) is 5.92 Å². The first-order valence-corrected chi connectivity index (χ1v) is 5.73. The van der Waals surface area contributed by atoms with E-state index in [2.05, 4.69) is 0 Å². The average molecular weight is 234 g/mol. The number of carbonyl (C=O) groups is 1. The predicted molar refractivity (Wildman–Crippen MR) is 60.8 cm³/mol. The first-order chi connectivity index (χ1) is 7.23. The molecule has 0 radical (unpaired) electrons. The maximum Gasteiger partial charge on any atom is 0.302 e. The van der Waals surface area contributed by atoms with Crippen molar-refractivity contribution >= 4 is 5.97 Å². The van der Waals surface area contributed by atoms with Crippen molar-refractivity contribution in [2.45, 2.75) is 58.7 Å². The molecule has 0 rings (SSSR count). The number of aliphatic hydroxyl groups is 1. The molecule has 0 unspecified atom stereocenters. The molecule has 4 heteroatoms. The van der Waals surface area contributed by atoms with Crippen LogP contribution >= 0.6 is 0 Å². The third kappa shape index (κ3) is 7.63. The third-order valence-corrected chi connectivity index (χ3v) is 2.64. The smallest absolute Gasteiger partial charge is 0.302 e. The van der Waals surface area contributed by atoms with Crippen LogP contribution in [-0.4, -0.2) is 29.5 Å². The van der Waals surface area contributed by atoms with Crippen LogP contribution in [0, 0.1) is 5.92 Å². The van der Waals surface area contributed by atoms with Gasteiger partial charge in [-0.25, -0.2) is 4.39 Å². The number of hydrogen-bond acceptors (Lipinski definition) is 3. The van der Waals surface area contributed by atoms with Gasteiger partial charge in [-0.1, -0.05) is 6.92 Å². The zero-order chi connectivity index (χ0) is 12.8. The number of ether oxygens (including phenoxy) is 1. The second-order valence-corrected chi connectivity index (χ2v) is 4.89. The minimum absolute atomic E-state index is 0.280. The van der Waals surface area contributed by atoms with Crippen LogP contribution in [0.3, 0.4) is 0 Å². The topological polar surface area (TPSA) is 46.5 Å². The van der Waals surface area contributed by atoms with E-state index in [1.807, 2.05) is 6.92 Å².